The van der Waals surface area contributed by atoms with E-state index in [2.05, 4.69) is 12.1 Å². The van der Waals surface area contributed by atoms with E-state index in [1.54, 1.807) is 0 Å². The van der Waals surface area contributed by atoms with Gasteiger partial charge in [-0.25, -0.2) is 0 Å². The second kappa shape index (κ2) is 6.32. The van der Waals surface area contributed by atoms with Gasteiger partial charge in [-0.2, -0.15) is 0 Å². The number of nitrogens with zero attached hydrogens (tertiary/aromatic N) is 1. The van der Waals surface area contributed by atoms with Gasteiger partial charge < -0.3 is 9.64 Å². The quantitative estimate of drug-likeness (QED) is 0.782. The van der Waals surface area contributed by atoms with Crippen LogP contribution in [0.2, 0.25) is 0 Å². The highest BCUT2D eigenvalue weighted by Gasteiger charge is 2.41. The van der Waals surface area contributed by atoms with Gasteiger partial charge in [0.15, 0.2) is 0 Å². The molecule has 1 heterocycles. The van der Waals surface area contributed by atoms with Gasteiger partial charge in [-0.15, -0.1) is 0 Å². The molecule has 22 heavy (non-hydrogen) atoms. The van der Waals surface area contributed by atoms with E-state index in [4.69, 9.17) is 4.74 Å². The summed E-state index contributed by atoms with van der Waals surface area (Å²) in [5, 5.41) is 0. The molecule has 0 spiro atoms. The molecule has 1 aliphatic heterocycles. The van der Waals surface area contributed by atoms with Crippen molar-refractivity contribution in [3.05, 3.63) is 71.3 Å². The number of hydrogen-bond donors (Lipinski definition) is 0. The monoisotopic (exact) mass is 295 g/mol. The second-order valence-corrected chi connectivity index (χ2v) is 5.49. The van der Waals surface area contributed by atoms with E-state index in [0.29, 0.717) is 0 Å². The first-order chi connectivity index (χ1) is 10.7. The van der Waals surface area contributed by atoms with Gasteiger partial charge in [0.25, 0.3) is 5.91 Å². The molecule has 0 N–H and O–H groups in total. The normalized spacial score (nSPS) is 19.7. The Morgan fingerprint density at radius 2 is 1.45 bits per heavy atom. The van der Waals surface area contributed by atoms with E-state index < -0.39 is 0 Å². The Bertz CT molecular complexity index is 632. The van der Waals surface area contributed by atoms with Gasteiger partial charge in [0, 0.05) is 18.7 Å². The van der Waals surface area contributed by atoms with Crippen LogP contribution in [0.5, 0.6) is 0 Å². The van der Waals surface area contributed by atoms with Gasteiger partial charge in [-0.05, 0) is 37.1 Å². The first-order valence-electron chi connectivity index (χ1n) is 7.84. The largest absolute Gasteiger partial charge is 0.359 e. The Balaban J connectivity index is 1.70. The van der Waals surface area contributed by atoms with Crippen molar-refractivity contribution in [2.75, 3.05) is 13.1 Å². The van der Waals surface area contributed by atoms with Crippen molar-refractivity contribution in [2.24, 2.45) is 0 Å². The molecule has 3 rings (SSSR count). The Kier molecular flexibility index (Phi) is 4.25. The van der Waals surface area contributed by atoms with Crippen LogP contribution in [-0.4, -0.2) is 23.9 Å². The molecule has 114 valence electrons. The average Bonchev–Trinajstić information content (AvgIpc) is 3.37. The summed E-state index contributed by atoms with van der Waals surface area (Å²) < 4.78 is 5.78. The molecule has 2 aromatic rings. The summed E-state index contributed by atoms with van der Waals surface area (Å²) >= 11 is 0. The van der Waals surface area contributed by atoms with Crippen LogP contribution in [0.15, 0.2) is 54.6 Å². The Morgan fingerprint density at radius 3 is 2.00 bits per heavy atom. The molecule has 1 amide bonds. The second-order valence-electron chi connectivity index (χ2n) is 5.49. The van der Waals surface area contributed by atoms with Gasteiger partial charge >= 0.3 is 0 Å². The topological polar surface area (TPSA) is 32.8 Å². The third kappa shape index (κ3) is 2.90. The third-order valence-electron chi connectivity index (χ3n) is 4.16. The molecule has 0 saturated carbocycles. The minimum atomic E-state index is 0.0906. The number of ether oxygens (including phenoxy) is 1. The molecule has 0 bridgehead atoms. The molecule has 0 aromatic heterocycles. The lowest BCUT2D eigenvalue weighted by Gasteiger charge is -2.18. The summed E-state index contributed by atoms with van der Waals surface area (Å²) in [5.74, 6) is 0.0906. The maximum Gasteiger partial charge on any atom is 0.253 e. The fraction of sp³-hybridized carbons (Fsp3) is 0.316. The molecule has 0 aliphatic carbocycles. The molecule has 0 unspecified atom stereocenters. The van der Waals surface area contributed by atoms with Crippen LogP contribution in [0.25, 0.3) is 0 Å². The van der Waals surface area contributed by atoms with Crippen molar-refractivity contribution in [3.8, 4) is 0 Å². The van der Waals surface area contributed by atoms with Crippen molar-refractivity contribution >= 4 is 5.91 Å². The molecule has 0 radical (unpaired) electrons. The molecular formula is C19H21NO2. The van der Waals surface area contributed by atoms with E-state index >= 15 is 0 Å². The van der Waals surface area contributed by atoms with Crippen molar-refractivity contribution in [2.45, 2.75) is 26.1 Å². The zero-order valence-corrected chi connectivity index (χ0v) is 13.0. The highest BCUT2D eigenvalue weighted by Crippen LogP contribution is 2.50. The number of benzene rings is 2. The minimum absolute atomic E-state index is 0.0906. The average molecular weight is 295 g/mol. The number of epoxide rings is 1. The van der Waals surface area contributed by atoms with Gasteiger partial charge in [0.1, 0.15) is 12.2 Å². The predicted molar refractivity (Wildman–Crippen MR) is 86.7 cm³/mol. The molecule has 1 saturated heterocycles. The van der Waals surface area contributed by atoms with Gasteiger partial charge in [0.2, 0.25) is 0 Å². The van der Waals surface area contributed by atoms with Crippen molar-refractivity contribution < 1.29 is 9.53 Å². The molecule has 2 aromatic carbocycles. The number of carbonyl (C=O) groups is 1. The number of rotatable bonds is 5. The van der Waals surface area contributed by atoms with E-state index in [1.165, 1.54) is 5.56 Å². The fourth-order valence-electron chi connectivity index (χ4n) is 2.77. The summed E-state index contributed by atoms with van der Waals surface area (Å²) in [7, 11) is 0. The molecular weight excluding hydrogens is 274 g/mol. The zero-order valence-electron chi connectivity index (χ0n) is 13.0. The Hall–Kier alpha value is -2.13. The summed E-state index contributed by atoms with van der Waals surface area (Å²) in [4.78, 5) is 14.1. The van der Waals surface area contributed by atoms with E-state index in [1.807, 2.05) is 61.2 Å². The van der Waals surface area contributed by atoms with E-state index in [-0.39, 0.29) is 18.1 Å². The number of amides is 1. The minimum Gasteiger partial charge on any atom is -0.359 e. The molecule has 2 atom stereocenters. The molecule has 1 fully saturated rings. The number of hydrogen-bond acceptors (Lipinski definition) is 2. The lowest BCUT2D eigenvalue weighted by molar-refractivity contribution is 0.0773. The standard InChI is InChI=1S/C19H21NO2/c1-3-20(4-2)19(21)16-12-10-15(11-13-16)18-17(22-18)14-8-6-5-7-9-14/h5-13,17-18H,3-4H2,1-2H3/t17-,18-/m0/s1. The first kappa shape index (κ1) is 14.8. The smallest absolute Gasteiger partial charge is 0.253 e. The van der Waals surface area contributed by atoms with E-state index in [0.717, 1.165) is 24.2 Å². The lowest BCUT2D eigenvalue weighted by Crippen LogP contribution is -2.30. The maximum absolute atomic E-state index is 12.3. The summed E-state index contributed by atoms with van der Waals surface area (Å²) in [6, 6.07) is 18.0. The van der Waals surface area contributed by atoms with Crippen LogP contribution < -0.4 is 0 Å². The van der Waals surface area contributed by atoms with Gasteiger partial charge in [-0.1, -0.05) is 42.5 Å². The van der Waals surface area contributed by atoms with Crippen LogP contribution in [0.4, 0.5) is 0 Å². The predicted octanol–water partition coefficient (Wildman–Crippen LogP) is 3.98. The summed E-state index contributed by atoms with van der Waals surface area (Å²) in [6.45, 7) is 5.47. The SMILES string of the molecule is CCN(CC)C(=O)c1ccc([C@@H]2O[C@H]2c2ccccc2)cc1. The van der Waals surface area contributed by atoms with Crippen LogP contribution in [0.3, 0.4) is 0 Å². The number of carbonyl (C=O) groups excluding carboxylic acids is 1. The van der Waals surface area contributed by atoms with Gasteiger partial charge in [0.05, 0.1) is 0 Å². The Labute approximate surface area is 131 Å². The lowest BCUT2D eigenvalue weighted by atomic mass is 10.0. The van der Waals surface area contributed by atoms with Crippen molar-refractivity contribution in [3.63, 3.8) is 0 Å². The van der Waals surface area contributed by atoms with E-state index in [9.17, 15) is 4.79 Å². The zero-order chi connectivity index (χ0) is 15.5. The summed E-state index contributed by atoms with van der Waals surface area (Å²) in [5.41, 5.74) is 3.07. The maximum atomic E-state index is 12.3. The van der Waals surface area contributed by atoms with Crippen LogP contribution in [0, 0.1) is 0 Å². The van der Waals surface area contributed by atoms with Crippen LogP contribution >= 0.6 is 0 Å². The first-order valence-corrected chi connectivity index (χ1v) is 7.84. The van der Waals surface area contributed by atoms with Crippen molar-refractivity contribution in [1.29, 1.82) is 0 Å². The van der Waals surface area contributed by atoms with Crippen LogP contribution in [-0.2, 0) is 4.74 Å². The highest BCUT2D eigenvalue weighted by atomic mass is 16.6. The highest BCUT2D eigenvalue weighted by molar-refractivity contribution is 5.94. The summed E-state index contributed by atoms with van der Waals surface area (Å²) in [6.07, 6.45) is 0.255. The van der Waals surface area contributed by atoms with Crippen LogP contribution in [0.1, 0.15) is 47.5 Å². The van der Waals surface area contributed by atoms with Crippen molar-refractivity contribution in [1.82, 2.24) is 4.90 Å². The molecule has 1 aliphatic rings. The molecule has 3 heteroatoms. The Morgan fingerprint density at radius 1 is 0.909 bits per heavy atom. The third-order valence-corrected chi connectivity index (χ3v) is 4.16. The van der Waals surface area contributed by atoms with Gasteiger partial charge in [-0.3, -0.25) is 4.79 Å². The fourth-order valence-corrected chi connectivity index (χ4v) is 2.77. The molecule has 3 nitrogen and oxygen atoms in total.